The largest absolute Gasteiger partial charge is 0.352 e. The summed E-state index contributed by atoms with van der Waals surface area (Å²) in [6, 6.07) is 0.507. The Morgan fingerprint density at radius 1 is 1.47 bits per heavy atom. The van der Waals surface area contributed by atoms with E-state index < -0.39 is 0 Å². The number of rotatable bonds is 4. The van der Waals surface area contributed by atoms with Crippen LogP contribution in [0, 0.1) is 6.92 Å². The third kappa shape index (κ3) is 3.12. The zero-order chi connectivity index (χ0) is 13.8. The smallest absolute Gasteiger partial charge is 0.148 e. The second-order valence-corrected chi connectivity index (χ2v) is 6.10. The van der Waals surface area contributed by atoms with Gasteiger partial charge >= 0.3 is 0 Å². The SMILES string of the molecule is CCCc1nc(NN)c(C)c(N2CCSCC2C)n1. The van der Waals surface area contributed by atoms with E-state index in [0.29, 0.717) is 6.04 Å². The Balaban J connectivity index is 2.38. The molecule has 1 fully saturated rings. The molecule has 1 aromatic rings. The fourth-order valence-corrected chi connectivity index (χ4v) is 3.36. The van der Waals surface area contributed by atoms with Crippen LogP contribution in [0.5, 0.6) is 0 Å². The maximum absolute atomic E-state index is 5.59. The van der Waals surface area contributed by atoms with Crippen LogP contribution in [0.25, 0.3) is 0 Å². The number of nitrogens with zero attached hydrogens (tertiary/aromatic N) is 3. The molecule has 1 aliphatic heterocycles. The van der Waals surface area contributed by atoms with Gasteiger partial charge in [0.25, 0.3) is 0 Å². The Morgan fingerprint density at radius 3 is 2.89 bits per heavy atom. The van der Waals surface area contributed by atoms with Gasteiger partial charge in [-0.15, -0.1) is 0 Å². The van der Waals surface area contributed by atoms with Crippen LogP contribution in [-0.2, 0) is 6.42 Å². The van der Waals surface area contributed by atoms with Crippen molar-refractivity contribution in [1.82, 2.24) is 9.97 Å². The molecule has 0 aromatic carbocycles. The zero-order valence-electron chi connectivity index (χ0n) is 11.9. The van der Waals surface area contributed by atoms with Gasteiger partial charge in [0.1, 0.15) is 17.5 Å². The van der Waals surface area contributed by atoms with E-state index in [2.05, 4.69) is 29.2 Å². The van der Waals surface area contributed by atoms with Crippen molar-refractivity contribution in [3.63, 3.8) is 0 Å². The van der Waals surface area contributed by atoms with Gasteiger partial charge < -0.3 is 10.3 Å². The Bertz CT molecular complexity index is 437. The summed E-state index contributed by atoms with van der Waals surface area (Å²) in [5.74, 6) is 10.6. The van der Waals surface area contributed by atoms with Crippen LogP contribution in [0.1, 0.15) is 31.7 Å². The van der Waals surface area contributed by atoms with Crippen LogP contribution in [0.4, 0.5) is 11.6 Å². The molecule has 2 heterocycles. The van der Waals surface area contributed by atoms with Crippen molar-refractivity contribution in [2.24, 2.45) is 5.84 Å². The van der Waals surface area contributed by atoms with Crippen molar-refractivity contribution in [2.45, 2.75) is 39.7 Å². The molecule has 0 amide bonds. The predicted octanol–water partition coefficient (Wildman–Crippen LogP) is 1.96. The van der Waals surface area contributed by atoms with Crippen LogP contribution >= 0.6 is 11.8 Å². The van der Waals surface area contributed by atoms with Crippen LogP contribution in [0.15, 0.2) is 0 Å². The molecule has 1 aromatic heterocycles. The fraction of sp³-hybridized carbons (Fsp3) is 0.692. The van der Waals surface area contributed by atoms with E-state index in [1.54, 1.807) is 0 Å². The summed E-state index contributed by atoms with van der Waals surface area (Å²) < 4.78 is 0. The number of hydrogen-bond acceptors (Lipinski definition) is 6. The first-order valence-corrected chi connectivity index (χ1v) is 8.01. The quantitative estimate of drug-likeness (QED) is 0.649. The number of nitrogens with two attached hydrogens (primary N) is 1. The highest BCUT2D eigenvalue weighted by atomic mass is 32.2. The normalized spacial score (nSPS) is 19.6. The number of anilines is 2. The number of nitrogens with one attached hydrogen (secondary N) is 1. The van der Waals surface area contributed by atoms with Crippen molar-refractivity contribution in [3.05, 3.63) is 11.4 Å². The van der Waals surface area contributed by atoms with Gasteiger partial charge in [-0.1, -0.05) is 6.92 Å². The summed E-state index contributed by atoms with van der Waals surface area (Å²) in [6.45, 7) is 7.47. The summed E-state index contributed by atoms with van der Waals surface area (Å²) in [6.07, 6.45) is 1.93. The van der Waals surface area contributed by atoms with Crippen LogP contribution < -0.4 is 16.2 Å². The van der Waals surface area contributed by atoms with Gasteiger partial charge in [0.15, 0.2) is 0 Å². The molecule has 5 nitrogen and oxygen atoms in total. The topological polar surface area (TPSA) is 67.1 Å². The lowest BCUT2D eigenvalue weighted by Crippen LogP contribution is -2.41. The molecule has 0 bridgehead atoms. The fourth-order valence-electron chi connectivity index (χ4n) is 2.35. The lowest BCUT2D eigenvalue weighted by atomic mass is 10.2. The molecule has 0 radical (unpaired) electrons. The molecule has 3 N–H and O–H groups in total. The monoisotopic (exact) mass is 281 g/mol. The first kappa shape index (κ1) is 14.4. The number of hydrazine groups is 1. The van der Waals surface area contributed by atoms with Crippen molar-refractivity contribution in [2.75, 3.05) is 28.4 Å². The third-order valence-corrected chi connectivity index (χ3v) is 4.61. The van der Waals surface area contributed by atoms with E-state index in [-0.39, 0.29) is 0 Å². The number of nitrogen functional groups attached to an aromatic ring is 1. The van der Waals surface area contributed by atoms with E-state index in [9.17, 15) is 0 Å². The number of aromatic nitrogens is 2. The second kappa shape index (κ2) is 6.43. The minimum Gasteiger partial charge on any atom is -0.352 e. The number of thioether (sulfide) groups is 1. The second-order valence-electron chi connectivity index (χ2n) is 4.95. The van der Waals surface area contributed by atoms with Gasteiger partial charge in [0.2, 0.25) is 0 Å². The first-order chi connectivity index (χ1) is 9.17. The number of hydrogen-bond donors (Lipinski definition) is 2. The summed E-state index contributed by atoms with van der Waals surface area (Å²) >= 11 is 2.01. The Labute approximate surface area is 119 Å². The lowest BCUT2D eigenvalue weighted by molar-refractivity contribution is 0.679. The Kier molecular flexibility index (Phi) is 4.87. The number of aryl methyl sites for hydroxylation is 1. The molecule has 0 saturated carbocycles. The molecule has 19 heavy (non-hydrogen) atoms. The van der Waals surface area contributed by atoms with E-state index >= 15 is 0 Å². The summed E-state index contributed by atoms with van der Waals surface area (Å²) in [5.41, 5.74) is 3.75. The van der Waals surface area contributed by atoms with Gasteiger partial charge in [0.05, 0.1) is 0 Å². The Morgan fingerprint density at radius 2 is 2.26 bits per heavy atom. The van der Waals surface area contributed by atoms with E-state index in [4.69, 9.17) is 10.8 Å². The average molecular weight is 281 g/mol. The van der Waals surface area contributed by atoms with Gasteiger partial charge in [-0.3, -0.25) is 0 Å². The predicted molar refractivity (Wildman–Crippen MR) is 82.7 cm³/mol. The standard InChI is InChI=1S/C13H23N5S/c1-4-5-11-15-12(17-14)10(3)13(16-11)18-6-7-19-8-9(18)2/h9H,4-8,14H2,1-3H3,(H,15,16,17). The highest BCUT2D eigenvalue weighted by molar-refractivity contribution is 7.99. The van der Waals surface area contributed by atoms with Crippen molar-refractivity contribution >= 4 is 23.4 Å². The van der Waals surface area contributed by atoms with Crippen LogP contribution in [0.3, 0.4) is 0 Å². The summed E-state index contributed by atoms with van der Waals surface area (Å²) in [5, 5.41) is 0. The molecule has 1 saturated heterocycles. The summed E-state index contributed by atoms with van der Waals surface area (Å²) in [4.78, 5) is 11.6. The minimum atomic E-state index is 0.507. The molecule has 1 unspecified atom stereocenters. The van der Waals surface area contributed by atoms with Crippen molar-refractivity contribution in [1.29, 1.82) is 0 Å². The molecule has 0 spiro atoms. The Hall–Kier alpha value is -1.01. The van der Waals surface area contributed by atoms with Crippen molar-refractivity contribution in [3.8, 4) is 0 Å². The molecule has 1 atom stereocenters. The van der Waals surface area contributed by atoms with Crippen molar-refractivity contribution < 1.29 is 0 Å². The zero-order valence-corrected chi connectivity index (χ0v) is 12.8. The molecule has 106 valence electrons. The maximum Gasteiger partial charge on any atom is 0.148 e. The highest BCUT2D eigenvalue weighted by Crippen LogP contribution is 2.28. The third-order valence-electron chi connectivity index (χ3n) is 3.42. The van der Waals surface area contributed by atoms with Crippen LogP contribution in [0.2, 0.25) is 0 Å². The maximum atomic E-state index is 5.59. The van der Waals surface area contributed by atoms with E-state index in [0.717, 1.165) is 53.9 Å². The summed E-state index contributed by atoms with van der Waals surface area (Å²) in [7, 11) is 0. The van der Waals surface area contributed by atoms with Gasteiger partial charge in [0, 0.05) is 36.1 Å². The van der Waals surface area contributed by atoms with E-state index in [1.165, 1.54) is 0 Å². The molecule has 0 aliphatic carbocycles. The lowest BCUT2D eigenvalue weighted by Gasteiger charge is -2.35. The molecule has 2 rings (SSSR count). The first-order valence-electron chi connectivity index (χ1n) is 6.85. The highest BCUT2D eigenvalue weighted by Gasteiger charge is 2.23. The molecular weight excluding hydrogens is 258 g/mol. The van der Waals surface area contributed by atoms with Gasteiger partial charge in [-0.05, 0) is 20.3 Å². The van der Waals surface area contributed by atoms with Crippen LogP contribution in [-0.4, -0.2) is 34.1 Å². The molecule has 6 heteroatoms. The average Bonchev–Trinajstić information content (AvgIpc) is 2.42. The minimum absolute atomic E-state index is 0.507. The molecule has 1 aliphatic rings. The van der Waals surface area contributed by atoms with Gasteiger partial charge in [-0.25, -0.2) is 15.8 Å². The molecular formula is C13H23N5S. The van der Waals surface area contributed by atoms with Gasteiger partial charge in [-0.2, -0.15) is 11.8 Å². The van der Waals surface area contributed by atoms with E-state index in [1.807, 2.05) is 18.7 Å².